The number of nitrogens with one attached hydrogen (secondary N) is 3. The summed E-state index contributed by atoms with van der Waals surface area (Å²) in [6.45, 7) is 2.26. The zero-order chi connectivity index (χ0) is 33.3. The number of nitriles is 1. The van der Waals surface area contributed by atoms with Crippen LogP contribution < -0.4 is 30.2 Å². The van der Waals surface area contributed by atoms with E-state index in [-0.39, 0.29) is 12.5 Å². The molecular weight excluding hydrogens is 628 g/mol. The number of rotatable bonds is 11. The highest BCUT2D eigenvalue weighted by Gasteiger charge is 2.17. The first-order chi connectivity index (χ1) is 23.5. The lowest BCUT2D eigenvalue weighted by Crippen LogP contribution is -2.25. The SMILES string of the molecule is COc1ccc(COc2ccc(Nc3c(C#N)cnc4cc(Oc5ccncc5)c(CNC(=O)C=C5CCNCC5)cc34)cc2Cl)cc1. The second-order valence-electron chi connectivity index (χ2n) is 11.1. The van der Waals surface area contributed by atoms with Gasteiger partial charge in [0.05, 0.1) is 28.9 Å². The van der Waals surface area contributed by atoms with Crippen LogP contribution in [-0.4, -0.2) is 36.1 Å². The van der Waals surface area contributed by atoms with Crippen LogP contribution in [-0.2, 0) is 17.9 Å². The summed E-state index contributed by atoms with van der Waals surface area (Å²) in [5.74, 6) is 2.23. The molecule has 1 amide bonds. The number of halogens is 1. The van der Waals surface area contributed by atoms with Crippen molar-refractivity contribution >= 4 is 39.8 Å². The summed E-state index contributed by atoms with van der Waals surface area (Å²) in [4.78, 5) is 21.5. The third kappa shape index (κ3) is 8.01. The molecule has 0 spiro atoms. The summed E-state index contributed by atoms with van der Waals surface area (Å²) in [6.07, 6.45) is 8.17. The maximum atomic E-state index is 12.9. The van der Waals surface area contributed by atoms with Gasteiger partial charge in [-0.1, -0.05) is 29.3 Å². The van der Waals surface area contributed by atoms with Gasteiger partial charge in [-0.2, -0.15) is 5.26 Å². The molecule has 0 radical (unpaired) electrons. The van der Waals surface area contributed by atoms with Crippen LogP contribution in [0.5, 0.6) is 23.0 Å². The number of anilines is 2. The Kier molecular flexibility index (Phi) is 10.3. The Bertz CT molecular complexity index is 1990. The van der Waals surface area contributed by atoms with Gasteiger partial charge in [-0.25, -0.2) is 0 Å². The van der Waals surface area contributed by atoms with Crippen molar-refractivity contribution < 1.29 is 19.0 Å². The number of hydrogen-bond acceptors (Lipinski definition) is 9. The number of methoxy groups -OCH3 is 1. The van der Waals surface area contributed by atoms with E-state index in [1.807, 2.05) is 36.4 Å². The van der Waals surface area contributed by atoms with Crippen molar-refractivity contribution in [3.8, 4) is 29.1 Å². The van der Waals surface area contributed by atoms with Crippen molar-refractivity contribution in [3.05, 3.63) is 119 Å². The van der Waals surface area contributed by atoms with Crippen LogP contribution in [0.2, 0.25) is 5.02 Å². The minimum absolute atomic E-state index is 0.173. The highest BCUT2D eigenvalue weighted by atomic mass is 35.5. The molecule has 1 aliphatic rings. The third-order valence-corrected chi connectivity index (χ3v) is 8.13. The Balaban J connectivity index is 1.28. The molecule has 3 N–H and O–H groups in total. The number of nitrogens with zero attached hydrogens (tertiary/aromatic N) is 3. The molecule has 0 atom stereocenters. The molecule has 2 aromatic heterocycles. The predicted molar refractivity (Wildman–Crippen MR) is 185 cm³/mol. The monoisotopic (exact) mass is 660 g/mol. The van der Waals surface area contributed by atoms with Gasteiger partial charge in [0.1, 0.15) is 35.7 Å². The van der Waals surface area contributed by atoms with Crippen LogP contribution in [0.25, 0.3) is 10.9 Å². The number of carbonyl (C=O) groups excluding carboxylic acids is 1. The van der Waals surface area contributed by atoms with E-state index < -0.39 is 0 Å². The third-order valence-electron chi connectivity index (χ3n) is 7.84. The molecule has 0 bridgehead atoms. The number of aromatic nitrogens is 2. The first-order valence-corrected chi connectivity index (χ1v) is 15.8. The normalized spacial score (nSPS) is 12.6. The summed E-state index contributed by atoms with van der Waals surface area (Å²) in [6, 6.07) is 22.4. The van der Waals surface area contributed by atoms with Gasteiger partial charge in [0.2, 0.25) is 5.91 Å². The molecule has 3 aromatic carbocycles. The average molecular weight is 661 g/mol. The molecule has 11 heteroatoms. The Hall–Kier alpha value is -5.63. The van der Waals surface area contributed by atoms with Gasteiger partial charge in [-0.3, -0.25) is 14.8 Å². The molecule has 1 aliphatic heterocycles. The molecular formula is C37H33ClN6O4. The predicted octanol–water partition coefficient (Wildman–Crippen LogP) is 7.20. The van der Waals surface area contributed by atoms with Gasteiger partial charge in [0.15, 0.2) is 0 Å². The van der Waals surface area contributed by atoms with Gasteiger partial charge >= 0.3 is 0 Å². The van der Waals surface area contributed by atoms with Gasteiger partial charge in [-0.15, -0.1) is 0 Å². The number of hydrogen-bond donors (Lipinski definition) is 3. The number of pyridine rings is 2. The fraction of sp³-hybridized carbons (Fsp3) is 0.189. The van der Waals surface area contributed by atoms with Gasteiger partial charge in [-0.05, 0) is 80.0 Å². The van der Waals surface area contributed by atoms with E-state index in [4.69, 9.17) is 25.8 Å². The number of fused-ring (bicyclic) bond motifs is 1. The van der Waals surface area contributed by atoms with Crippen LogP contribution in [0.4, 0.5) is 11.4 Å². The molecule has 0 aliphatic carbocycles. The van der Waals surface area contributed by atoms with Gasteiger partial charge in [0.25, 0.3) is 0 Å². The number of amides is 1. The van der Waals surface area contributed by atoms with Crippen molar-refractivity contribution in [1.82, 2.24) is 20.6 Å². The largest absolute Gasteiger partial charge is 0.497 e. The van der Waals surface area contributed by atoms with Crippen LogP contribution >= 0.6 is 11.6 Å². The molecule has 3 heterocycles. The van der Waals surface area contributed by atoms with Crippen LogP contribution in [0.1, 0.15) is 29.5 Å². The first kappa shape index (κ1) is 32.3. The van der Waals surface area contributed by atoms with Gasteiger partial charge in [0, 0.05) is 53.9 Å². The van der Waals surface area contributed by atoms with Crippen molar-refractivity contribution in [2.75, 3.05) is 25.5 Å². The second-order valence-corrected chi connectivity index (χ2v) is 11.5. The lowest BCUT2D eigenvalue weighted by molar-refractivity contribution is -0.116. The first-order valence-electron chi connectivity index (χ1n) is 15.4. The summed E-state index contributed by atoms with van der Waals surface area (Å²) < 4.78 is 17.4. The molecule has 1 saturated heterocycles. The average Bonchev–Trinajstić information content (AvgIpc) is 3.11. The molecule has 6 rings (SSSR count). The van der Waals surface area contributed by atoms with Crippen LogP contribution in [0.3, 0.4) is 0 Å². The summed E-state index contributed by atoms with van der Waals surface area (Å²) in [7, 11) is 1.62. The standard InChI is InChI=1S/C37H33ClN6O4/c1-46-29-5-2-25(3-6-29)23-47-34-7-4-28(18-32(34)38)44-37-27(20-39)22-42-33-19-35(48-30-10-14-41-15-11-30)26(17-31(33)37)21-43-36(45)16-24-8-12-40-13-9-24/h2-7,10-11,14-19,22,40H,8-9,12-13,21,23H2,1H3,(H,42,44)(H,43,45). The Morgan fingerprint density at radius 2 is 1.81 bits per heavy atom. The van der Waals surface area contributed by atoms with E-state index in [9.17, 15) is 10.1 Å². The molecule has 5 aromatic rings. The number of carbonyl (C=O) groups is 1. The lowest BCUT2D eigenvalue weighted by Gasteiger charge is -2.17. The van der Waals surface area contributed by atoms with E-state index in [0.29, 0.717) is 62.3 Å². The van der Waals surface area contributed by atoms with Crippen molar-refractivity contribution in [2.24, 2.45) is 0 Å². The van der Waals surface area contributed by atoms with E-state index >= 15 is 0 Å². The van der Waals surface area contributed by atoms with Gasteiger partial charge < -0.3 is 30.2 Å². The van der Waals surface area contributed by atoms with E-state index in [0.717, 1.165) is 42.8 Å². The quantitative estimate of drug-likeness (QED) is 0.126. The summed E-state index contributed by atoms with van der Waals surface area (Å²) in [5.41, 5.74) is 4.93. The molecule has 0 saturated carbocycles. The maximum Gasteiger partial charge on any atom is 0.244 e. The highest BCUT2D eigenvalue weighted by molar-refractivity contribution is 6.32. The van der Waals surface area contributed by atoms with Crippen molar-refractivity contribution in [1.29, 1.82) is 5.26 Å². The molecule has 10 nitrogen and oxygen atoms in total. The number of piperidine rings is 1. The lowest BCUT2D eigenvalue weighted by atomic mass is 10.0. The zero-order valence-electron chi connectivity index (χ0n) is 26.3. The zero-order valence-corrected chi connectivity index (χ0v) is 27.0. The van der Waals surface area contributed by atoms with E-state index in [1.54, 1.807) is 55.9 Å². The van der Waals surface area contributed by atoms with E-state index in [1.165, 1.54) is 6.20 Å². The van der Waals surface area contributed by atoms with Crippen molar-refractivity contribution in [2.45, 2.75) is 26.0 Å². The molecule has 1 fully saturated rings. The number of ether oxygens (including phenoxy) is 3. The summed E-state index contributed by atoms with van der Waals surface area (Å²) in [5, 5.41) is 20.8. The molecule has 48 heavy (non-hydrogen) atoms. The topological polar surface area (TPSA) is 130 Å². The Morgan fingerprint density at radius 1 is 1.02 bits per heavy atom. The fourth-order valence-corrected chi connectivity index (χ4v) is 5.52. The minimum atomic E-state index is -0.173. The highest BCUT2D eigenvalue weighted by Crippen LogP contribution is 2.37. The summed E-state index contributed by atoms with van der Waals surface area (Å²) >= 11 is 6.63. The van der Waals surface area contributed by atoms with Crippen LogP contribution in [0, 0.1) is 11.3 Å². The molecule has 0 unspecified atom stereocenters. The maximum absolute atomic E-state index is 12.9. The van der Waals surface area contributed by atoms with Crippen LogP contribution in [0.15, 0.2) is 97.0 Å². The molecule has 242 valence electrons. The number of benzene rings is 3. The minimum Gasteiger partial charge on any atom is -0.497 e. The Morgan fingerprint density at radius 3 is 2.54 bits per heavy atom. The smallest absolute Gasteiger partial charge is 0.244 e. The second kappa shape index (κ2) is 15.3. The fourth-order valence-electron chi connectivity index (χ4n) is 5.28. The van der Waals surface area contributed by atoms with Crippen molar-refractivity contribution in [3.63, 3.8) is 0 Å². The van der Waals surface area contributed by atoms with E-state index in [2.05, 4.69) is 32.0 Å². The Labute approximate surface area is 283 Å².